The van der Waals surface area contributed by atoms with E-state index < -0.39 is 0 Å². The zero-order chi connectivity index (χ0) is 14.6. The second-order valence-electron chi connectivity index (χ2n) is 5.45. The fraction of sp³-hybridized carbons (Fsp3) is 0.533. The van der Waals surface area contributed by atoms with Crippen LogP contribution in [-0.2, 0) is 0 Å². The lowest BCUT2D eigenvalue weighted by molar-refractivity contribution is 0.0963. The van der Waals surface area contributed by atoms with Gasteiger partial charge in [0.05, 0.1) is 10.7 Å². The molecule has 0 atom stereocenters. The molecule has 1 aliphatic rings. The van der Waals surface area contributed by atoms with Gasteiger partial charge in [0.1, 0.15) is 4.88 Å². The number of amides is 1. The summed E-state index contributed by atoms with van der Waals surface area (Å²) in [4.78, 5) is 12.5. The number of nitrogens with two attached hydrogens (primary N) is 1. The summed E-state index contributed by atoms with van der Waals surface area (Å²) in [5.74, 6) is -0.130. The van der Waals surface area contributed by atoms with Crippen molar-refractivity contribution >= 4 is 27.9 Å². The Kier molecular flexibility index (Phi) is 4.70. The number of rotatable bonds is 7. The van der Waals surface area contributed by atoms with Crippen LogP contribution in [0.25, 0.3) is 0 Å². The van der Waals surface area contributed by atoms with Gasteiger partial charge >= 0.3 is 0 Å². The van der Waals surface area contributed by atoms with Crippen LogP contribution in [0.1, 0.15) is 42.3 Å². The molecule has 4 N–H and O–H groups in total. The minimum atomic E-state index is -0.130. The standard InChI is InChI=1S/C15H23N3OS/c1-3-8-17-14(19)13-11(16)9-12(20-13)18-10-15(4-2)6-5-7-15/h3,9,18H,1,4-8,10,16H2,2H3,(H,17,19). The van der Waals surface area contributed by atoms with Crippen molar-refractivity contribution in [2.75, 3.05) is 24.1 Å². The van der Waals surface area contributed by atoms with E-state index in [1.54, 1.807) is 6.08 Å². The Morgan fingerprint density at radius 2 is 2.35 bits per heavy atom. The zero-order valence-electron chi connectivity index (χ0n) is 12.0. The largest absolute Gasteiger partial charge is 0.397 e. The van der Waals surface area contributed by atoms with Crippen molar-refractivity contribution in [2.45, 2.75) is 32.6 Å². The van der Waals surface area contributed by atoms with E-state index in [-0.39, 0.29) is 5.91 Å². The number of anilines is 2. The predicted octanol–water partition coefficient (Wildman–Crippen LogP) is 3.24. The lowest BCUT2D eigenvalue weighted by Crippen LogP contribution is -2.35. The minimum absolute atomic E-state index is 0.130. The van der Waals surface area contributed by atoms with E-state index in [0.717, 1.165) is 11.5 Å². The van der Waals surface area contributed by atoms with Crippen LogP contribution in [0.3, 0.4) is 0 Å². The number of carbonyl (C=O) groups is 1. The Morgan fingerprint density at radius 3 is 2.90 bits per heavy atom. The van der Waals surface area contributed by atoms with Gasteiger partial charge in [-0.3, -0.25) is 4.79 Å². The lowest BCUT2D eigenvalue weighted by Gasteiger charge is -2.41. The number of hydrogen-bond donors (Lipinski definition) is 3. The number of carbonyl (C=O) groups excluding carboxylic acids is 1. The molecule has 1 aliphatic carbocycles. The number of thiophene rings is 1. The van der Waals surface area contributed by atoms with Crippen LogP contribution >= 0.6 is 11.3 Å². The van der Waals surface area contributed by atoms with Crippen LogP contribution in [-0.4, -0.2) is 19.0 Å². The molecule has 2 rings (SSSR count). The average molecular weight is 293 g/mol. The molecule has 1 aromatic rings. The Balaban J connectivity index is 1.96. The van der Waals surface area contributed by atoms with E-state index in [9.17, 15) is 4.79 Å². The molecular weight excluding hydrogens is 270 g/mol. The third kappa shape index (κ3) is 3.15. The fourth-order valence-electron chi connectivity index (χ4n) is 2.52. The Bertz CT molecular complexity index is 486. The molecule has 0 spiro atoms. The molecule has 1 saturated carbocycles. The van der Waals surface area contributed by atoms with Crippen molar-refractivity contribution in [2.24, 2.45) is 5.41 Å². The van der Waals surface area contributed by atoms with Crippen molar-refractivity contribution in [3.8, 4) is 0 Å². The van der Waals surface area contributed by atoms with Crippen molar-refractivity contribution in [1.82, 2.24) is 5.32 Å². The zero-order valence-corrected chi connectivity index (χ0v) is 12.8. The van der Waals surface area contributed by atoms with E-state index in [0.29, 0.717) is 22.5 Å². The first kappa shape index (κ1) is 14.9. The molecule has 1 aromatic heterocycles. The first-order valence-electron chi connectivity index (χ1n) is 7.12. The van der Waals surface area contributed by atoms with Crippen LogP contribution in [0.15, 0.2) is 18.7 Å². The van der Waals surface area contributed by atoms with E-state index in [2.05, 4.69) is 24.1 Å². The summed E-state index contributed by atoms with van der Waals surface area (Å²) in [5.41, 5.74) is 6.90. The fourth-order valence-corrected chi connectivity index (χ4v) is 3.41. The quantitative estimate of drug-likeness (QED) is 0.676. The second-order valence-corrected chi connectivity index (χ2v) is 6.51. The van der Waals surface area contributed by atoms with E-state index >= 15 is 0 Å². The Hall–Kier alpha value is -1.49. The van der Waals surface area contributed by atoms with Crippen molar-refractivity contribution in [3.05, 3.63) is 23.6 Å². The molecule has 0 saturated heterocycles. The molecule has 110 valence electrons. The normalized spacial score (nSPS) is 16.2. The number of nitrogen functional groups attached to an aromatic ring is 1. The summed E-state index contributed by atoms with van der Waals surface area (Å²) in [6.45, 7) is 7.25. The molecule has 0 unspecified atom stereocenters. The molecule has 0 bridgehead atoms. The second kappa shape index (κ2) is 6.31. The summed E-state index contributed by atoms with van der Waals surface area (Å²) in [7, 11) is 0. The highest BCUT2D eigenvalue weighted by Crippen LogP contribution is 2.44. The third-order valence-electron chi connectivity index (χ3n) is 4.18. The first-order chi connectivity index (χ1) is 9.60. The molecule has 1 heterocycles. The predicted molar refractivity (Wildman–Crippen MR) is 86.3 cm³/mol. The van der Waals surface area contributed by atoms with Crippen molar-refractivity contribution in [1.29, 1.82) is 0 Å². The molecule has 0 aromatic carbocycles. The summed E-state index contributed by atoms with van der Waals surface area (Å²) < 4.78 is 0. The van der Waals surface area contributed by atoms with Gasteiger partial charge in [0.2, 0.25) is 0 Å². The molecule has 1 fully saturated rings. The van der Waals surface area contributed by atoms with E-state index in [1.807, 2.05) is 6.07 Å². The third-order valence-corrected chi connectivity index (χ3v) is 5.28. The Morgan fingerprint density at radius 1 is 1.60 bits per heavy atom. The first-order valence-corrected chi connectivity index (χ1v) is 7.94. The highest BCUT2D eigenvalue weighted by Gasteiger charge is 2.34. The number of hydrogen-bond acceptors (Lipinski definition) is 4. The molecule has 0 aliphatic heterocycles. The molecule has 0 radical (unpaired) electrons. The van der Waals surface area contributed by atoms with Crippen LogP contribution < -0.4 is 16.4 Å². The molecule has 5 heteroatoms. The van der Waals surface area contributed by atoms with Crippen LogP contribution in [0, 0.1) is 5.41 Å². The van der Waals surface area contributed by atoms with Gasteiger partial charge in [-0.15, -0.1) is 17.9 Å². The molecule has 20 heavy (non-hydrogen) atoms. The summed E-state index contributed by atoms with van der Waals surface area (Å²) in [5, 5.41) is 7.18. The Labute approximate surface area is 124 Å². The summed E-state index contributed by atoms with van der Waals surface area (Å²) >= 11 is 1.42. The van der Waals surface area contributed by atoms with E-state index in [1.165, 1.54) is 37.0 Å². The minimum Gasteiger partial charge on any atom is -0.397 e. The van der Waals surface area contributed by atoms with Crippen LogP contribution in [0.5, 0.6) is 0 Å². The summed E-state index contributed by atoms with van der Waals surface area (Å²) in [6, 6.07) is 1.86. The van der Waals surface area contributed by atoms with Gasteiger partial charge in [-0.1, -0.05) is 19.4 Å². The maximum atomic E-state index is 11.9. The molecule has 1 amide bonds. The van der Waals surface area contributed by atoms with Gasteiger partial charge in [0.15, 0.2) is 0 Å². The average Bonchev–Trinajstić information content (AvgIpc) is 2.76. The highest BCUT2D eigenvalue weighted by molar-refractivity contribution is 7.18. The molecular formula is C15H23N3OS. The van der Waals surface area contributed by atoms with E-state index in [4.69, 9.17) is 5.73 Å². The molecule has 4 nitrogen and oxygen atoms in total. The van der Waals surface area contributed by atoms with Crippen molar-refractivity contribution < 1.29 is 4.79 Å². The maximum Gasteiger partial charge on any atom is 0.263 e. The summed E-state index contributed by atoms with van der Waals surface area (Å²) in [6.07, 6.45) is 6.78. The SMILES string of the molecule is C=CCNC(=O)c1sc(NCC2(CC)CCC2)cc1N. The highest BCUT2D eigenvalue weighted by atomic mass is 32.1. The van der Waals surface area contributed by atoms with Gasteiger partial charge < -0.3 is 16.4 Å². The van der Waals surface area contributed by atoms with Gasteiger partial charge in [0, 0.05) is 13.1 Å². The lowest BCUT2D eigenvalue weighted by atomic mass is 9.67. The topological polar surface area (TPSA) is 67.2 Å². The van der Waals surface area contributed by atoms with Gasteiger partial charge in [0.25, 0.3) is 5.91 Å². The van der Waals surface area contributed by atoms with Crippen LogP contribution in [0.4, 0.5) is 10.7 Å². The number of nitrogens with one attached hydrogen (secondary N) is 2. The van der Waals surface area contributed by atoms with Gasteiger partial charge in [-0.05, 0) is 30.7 Å². The monoisotopic (exact) mass is 293 g/mol. The van der Waals surface area contributed by atoms with Gasteiger partial charge in [-0.2, -0.15) is 0 Å². The van der Waals surface area contributed by atoms with Crippen LogP contribution in [0.2, 0.25) is 0 Å². The smallest absolute Gasteiger partial charge is 0.263 e. The van der Waals surface area contributed by atoms with Gasteiger partial charge in [-0.25, -0.2) is 0 Å². The maximum absolute atomic E-state index is 11.9. The van der Waals surface area contributed by atoms with Crippen molar-refractivity contribution in [3.63, 3.8) is 0 Å².